The number of hydrogen-bond acceptors (Lipinski definition) is 15. The summed E-state index contributed by atoms with van der Waals surface area (Å²) in [7, 11) is 25.9. The third-order valence-corrected chi connectivity index (χ3v) is 26.4. The smallest absolute Gasteiger partial charge is 0.363 e. The Labute approximate surface area is 547 Å². The Morgan fingerprint density at radius 3 is 0.944 bits per heavy atom. The number of hydrogen-bond donors (Lipinski definition) is 0. The Hall–Kier alpha value is -5.74. The van der Waals surface area contributed by atoms with Gasteiger partial charge in [0.1, 0.15) is 17.5 Å². The lowest BCUT2D eigenvalue weighted by atomic mass is 9.45. The van der Waals surface area contributed by atoms with Crippen molar-refractivity contribution < 1.29 is 0 Å². The van der Waals surface area contributed by atoms with Crippen molar-refractivity contribution in [2.24, 2.45) is 64.5 Å². The summed E-state index contributed by atoms with van der Waals surface area (Å²) in [4.78, 5) is 32.7. The van der Waals surface area contributed by atoms with Crippen molar-refractivity contribution in [1.29, 1.82) is 0 Å². The Balaban J connectivity index is 0.000000513. The zero-order valence-electron chi connectivity index (χ0n) is 65.1. The maximum atomic E-state index is 10.6. The average Bonchev–Trinajstić information content (AvgIpc) is 1.64. The molecular formula is C72H138N16O. The van der Waals surface area contributed by atoms with E-state index in [1.807, 2.05) is 40.0 Å². The minimum absolute atomic E-state index is 0.111. The molecule has 8 rings (SSSR count). The van der Waals surface area contributed by atoms with Crippen molar-refractivity contribution in [3.63, 3.8) is 0 Å². The number of allylic oxidation sites excluding steroid dienone is 5. The summed E-state index contributed by atoms with van der Waals surface area (Å²) in [6.07, 6.45) is 0. The predicted molar refractivity (Wildman–Crippen MR) is 384 cm³/mol. The van der Waals surface area contributed by atoms with Crippen molar-refractivity contribution in [3.8, 4) is 0 Å². The molecule has 0 saturated carbocycles. The van der Waals surface area contributed by atoms with Gasteiger partial charge in [0, 0.05) is 177 Å². The van der Waals surface area contributed by atoms with E-state index in [9.17, 15) is 4.79 Å². The number of hydrazone groups is 1. The lowest BCUT2D eigenvalue weighted by Crippen LogP contribution is -2.71. The van der Waals surface area contributed by atoms with E-state index in [1.54, 1.807) is 19.1 Å². The molecule has 7 atom stereocenters. The van der Waals surface area contributed by atoms with Crippen molar-refractivity contribution in [2.45, 2.75) is 220 Å². The van der Waals surface area contributed by atoms with Gasteiger partial charge in [-0.1, -0.05) is 129 Å². The summed E-state index contributed by atoms with van der Waals surface area (Å²) >= 11 is 0. The molecule has 7 aliphatic heterocycles. The highest BCUT2D eigenvalue weighted by atomic mass is 16.2. The van der Waals surface area contributed by atoms with Gasteiger partial charge in [0.25, 0.3) is 0 Å². The molecule has 0 spiro atoms. The highest BCUT2D eigenvalue weighted by molar-refractivity contribution is 5.82. The SMILES string of the molecule is C=C1C(C)C(C)C(C)(C)N1C.C=C1C(C)C(C)C(C)N1C.C=C1N(C)C(C)(C)C(C)(C)C(C)(C)C1(C)C.C=C1N(C)C(C)(C)C(C)(C)C(C)(C)N1C.C=C1N(C)C(C)=C(C)N1C.C=C1N(C)C(C)C(C)N1C.C=C1N(C)N=C(C)N1C.Cn1nnn(C)c1=O. The van der Waals surface area contributed by atoms with Gasteiger partial charge in [-0.15, -0.1) is 0 Å². The number of aryl methyl sites for hydroxylation is 2. The van der Waals surface area contributed by atoms with Crippen LogP contribution in [0.2, 0.25) is 0 Å². The first kappa shape index (κ1) is 81.3. The lowest BCUT2D eigenvalue weighted by Gasteiger charge is -2.68. The van der Waals surface area contributed by atoms with Crippen LogP contribution in [0.15, 0.2) is 108 Å². The molecular weight excluding hydrogens is 1100 g/mol. The zero-order valence-corrected chi connectivity index (χ0v) is 65.1. The van der Waals surface area contributed by atoms with Crippen LogP contribution < -0.4 is 5.69 Å². The number of tetrazole rings is 1. The molecule has 0 amide bonds. The first-order valence-electron chi connectivity index (χ1n) is 32.3. The summed E-state index contributed by atoms with van der Waals surface area (Å²) in [6.45, 7) is 87.6. The number of likely N-dealkylation sites (N-methyl/N-ethyl adjacent to an activating group) is 2. The third kappa shape index (κ3) is 15.0. The average molecular weight is 1240 g/mol. The molecule has 5 saturated heterocycles. The van der Waals surface area contributed by atoms with E-state index >= 15 is 0 Å². The van der Waals surface area contributed by atoms with Crippen molar-refractivity contribution in [2.75, 3.05) is 77.5 Å². The fourth-order valence-corrected chi connectivity index (χ4v) is 12.7. The molecule has 0 aromatic carbocycles. The Morgan fingerprint density at radius 2 is 0.764 bits per heavy atom. The minimum atomic E-state index is -0.204. The molecule has 8 heterocycles. The van der Waals surface area contributed by atoms with Gasteiger partial charge >= 0.3 is 5.69 Å². The molecule has 17 heteroatoms. The molecule has 7 aliphatic rings. The third-order valence-electron chi connectivity index (χ3n) is 26.4. The second-order valence-electron chi connectivity index (χ2n) is 31.0. The first-order valence-corrected chi connectivity index (χ1v) is 32.3. The van der Waals surface area contributed by atoms with Crippen LogP contribution in [-0.4, -0.2) is 197 Å². The summed E-state index contributed by atoms with van der Waals surface area (Å²) < 4.78 is 2.33. The Morgan fingerprint density at radius 1 is 0.393 bits per heavy atom. The summed E-state index contributed by atoms with van der Waals surface area (Å²) in [5, 5.41) is 12.8. The number of aromatic nitrogens is 4. The highest BCUT2D eigenvalue weighted by Crippen LogP contribution is 2.64. The van der Waals surface area contributed by atoms with E-state index in [-0.39, 0.29) is 49.5 Å². The summed E-state index contributed by atoms with van der Waals surface area (Å²) in [5.74, 6) is 7.96. The zero-order chi connectivity index (χ0) is 71.0. The summed E-state index contributed by atoms with van der Waals surface area (Å²) in [6, 6.07) is 1.86. The van der Waals surface area contributed by atoms with Crippen LogP contribution in [0.25, 0.3) is 0 Å². The van der Waals surface area contributed by atoms with E-state index in [0.717, 1.165) is 35.0 Å². The summed E-state index contributed by atoms with van der Waals surface area (Å²) in [5.41, 5.74) is 7.58. The Bertz CT molecular complexity index is 2690. The molecule has 1 aromatic rings. The maximum Gasteiger partial charge on any atom is 0.363 e. The van der Waals surface area contributed by atoms with E-state index < -0.39 is 0 Å². The molecule has 89 heavy (non-hydrogen) atoms. The molecule has 1 aromatic heterocycles. The fourth-order valence-electron chi connectivity index (χ4n) is 12.7. The normalized spacial score (nSPS) is 28.1. The molecule has 17 nitrogen and oxygen atoms in total. The van der Waals surface area contributed by atoms with E-state index in [2.05, 4.69) is 328 Å². The molecule has 7 unspecified atom stereocenters. The largest absolute Gasteiger partial charge is 0.375 e. The van der Waals surface area contributed by atoms with E-state index in [4.69, 9.17) is 0 Å². The standard InChI is InChI=1S/C15H29N.C13H26N2.C10H19N.C9H17N.C8H16N2.C8H14N2.C6H11N3.C3H6N4O/c1-11-12(2,3)13(4,5)14(6,7)15(8,9)16(11)10;1-10-14(8)12(4,5)11(2,3)13(6,7)15(10)9;1-7-8(2)10(4,5)11(6)9(7)3;1-6-7(2)9(4)10(5)8(6)3;2*1-6-7(2)10(5)8(3)9(6)4;1-5-7-9(4)6(2)8(5)3;1-6-3(8)7(2)5-4-6/h1H2,2-10H3;1H2,2-9H3;7-8H,3H2,1-2,4-6H3;6-7,9H,3H2,1-2,4-5H3;6-7H,3H2,1-2,4-5H3;3H2,1-2,4-5H3;2H2,1,3-4H3;1-2H3. The van der Waals surface area contributed by atoms with Crippen molar-refractivity contribution in [1.82, 2.24) is 73.8 Å². The second kappa shape index (κ2) is 28.4. The lowest BCUT2D eigenvalue weighted by molar-refractivity contribution is -0.142. The highest BCUT2D eigenvalue weighted by Gasteiger charge is 2.62. The van der Waals surface area contributed by atoms with Crippen LogP contribution in [0.4, 0.5) is 0 Å². The van der Waals surface area contributed by atoms with Crippen LogP contribution in [0, 0.1) is 45.3 Å². The van der Waals surface area contributed by atoms with Gasteiger partial charge < -0.3 is 49.0 Å². The predicted octanol–water partition coefficient (Wildman–Crippen LogP) is 13.7. The quantitative estimate of drug-likeness (QED) is 0.246. The van der Waals surface area contributed by atoms with Crippen LogP contribution in [0.1, 0.15) is 180 Å². The molecule has 5 fully saturated rings. The van der Waals surface area contributed by atoms with Gasteiger partial charge in [-0.3, -0.25) is 5.01 Å². The van der Waals surface area contributed by atoms with Gasteiger partial charge in [-0.05, 0) is 136 Å². The van der Waals surface area contributed by atoms with Crippen LogP contribution in [-0.2, 0) is 14.1 Å². The van der Waals surface area contributed by atoms with Crippen LogP contribution >= 0.6 is 0 Å². The van der Waals surface area contributed by atoms with Gasteiger partial charge in [-0.2, -0.15) is 14.5 Å². The first-order chi connectivity index (χ1) is 39.7. The molecule has 0 bridgehead atoms. The van der Waals surface area contributed by atoms with Gasteiger partial charge in [0.05, 0.1) is 11.6 Å². The van der Waals surface area contributed by atoms with Gasteiger partial charge in [-0.25, -0.2) is 4.79 Å². The number of amidine groups is 1. The number of piperidine rings is 1. The van der Waals surface area contributed by atoms with E-state index in [0.29, 0.717) is 35.9 Å². The fraction of sp³-hybridized carbons (Fsp3) is 0.750. The van der Waals surface area contributed by atoms with Gasteiger partial charge in [0.2, 0.25) is 0 Å². The van der Waals surface area contributed by atoms with Crippen LogP contribution in [0.3, 0.4) is 0 Å². The topological polar surface area (TPSA) is 101 Å². The number of nitrogens with zero attached hydrogens (tertiary/aromatic N) is 16. The Kier molecular flexibility index (Phi) is 25.9. The second-order valence-corrected chi connectivity index (χ2v) is 31.0. The van der Waals surface area contributed by atoms with Crippen molar-refractivity contribution >= 4 is 5.84 Å². The molecule has 0 aliphatic carbocycles. The molecule has 0 radical (unpaired) electrons. The van der Waals surface area contributed by atoms with E-state index in [1.165, 1.54) is 37.8 Å². The van der Waals surface area contributed by atoms with Gasteiger partial charge in [0.15, 0.2) is 0 Å². The monoisotopic (exact) mass is 1240 g/mol. The van der Waals surface area contributed by atoms with Crippen molar-refractivity contribution in [3.05, 3.63) is 108 Å². The van der Waals surface area contributed by atoms with Crippen LogP contribution in [0.5, 0.6) is 0 Å². The maximum absolute atomic E-state index is 10.6. The molecule has 0 N–H and O–H groups in total. The minimum Gasteiger partial charge on any atom is -0.375 e. The number of rotatable bonds is 0. The number of likely N-dealkylation sites (tertiary alicyclic amines) is 3. The molecule has 512 valence electrons.